The number of phenols is 1. The fraction of sp³-hybridized carbons (Fsp3) is 0.462. The van der Waals surface area contributed by atoms with E-state index in [0.29, 0.717) is 12.1 Å². The molecule has 0 spiro atoms. The molecule has 0 bridgehead atoms. The lowest BCUT2D eigenvalue weighted by Gasteiger charge is -2.28. The Morgan fingerprint density at radius 2 is 2.12 bits per heavy atom. The molecule has 4 N–H and O–H groups in total. The Kier molecular flexibility index (Phi) is 4.52. The number of hydrogen-bond acceptors (Lipinski definition) is 3. The van der Waals surface area contributed by atoms with E-state index in [1.807, 2.05) is 13.8 Å². The van der Waals surface area contributed by atoms with Crippen molar-refractivity contribution in [2.24, 2.45) is 5.73 Å². The maximum atomic E-state index is 11.8. The summed E-state index contributed by atoms with van der Waals surface area (Å²) in [5, 5.41) is 12.5. The van der Waals surface area contributed by atoms with E-state index in [4.69, 9.17) is 5.73 Å². The second kappa shape index (κ2) is 5.68. The highest BCUT2D eigenvalue weighted by Gasteiger charge is 2.22. The first-order chi connectivity index (χ1) is 8.00. The summed E-state index contributed by atoms with van der Waals surface area (Å²) in [5.41, 5.74) is 5.88. The number of nitrogens with one attached hydrogen (secondary N) is 1. The molecule has 1 amide bonds. The highest BCUT2D eigenvalue weighted by Crippen LogP contribution is 2.16. The molecule has 0 aliphatic rings. The zero-order valence-electron chi connectivity index (χ0n) is 10.4. The highest BCUT2D eigenvalue weighted by atomic mass is 16.3. The van der Waals surface area contributed by atoms with Crippen LogP contribution in [0.3, 0.4) is 0 Å². The van der Waals surface area contributed by atoms with Crippen LogP contribution in [-0.4, -0.2) is 23.1 Å². The van der Waals surface area contributed by atoms with Gasteiger partial charge in [0.05, 0.1) is 6.42 Å². The van der Waals surface area contributed by atoms with Gasteiger partial charge in [-0.25, -0.2) is 0 Å². The summed E-state index contributed by atoms with van der Waals surface area (Å²) in [6, 6.07) is 6.84. The van der Waals surface area contributed by atoms with E-state index >= 15 is 0 Å². The molecule has 1 aromatic rings. The van der Waals surface area contributed by atoms with Gasteiger partial charge >= 0.3 is 0 Å². The Morgan fingerprint density at radius 3 is 2.65 bits per heavy atom. The van der Waals surface area contributed by atoms with Gasteiger partial charge in [0.2, 0.25) is 5.91 Å². The Hall–Kier alpha value is -1.55. The van der Waals surface area contributed by atoms with Gasteiger partial charge in [-0.3, -0.25) is 4.79 Å². The quantitative estimate of drug-likeness (QED) is 0.718. The van der Waals surface area contributed by atoms with Crippen molar-refractivity contribution in [2.45, 2.75) is 32.2 Å². The van der Waals surface area contributed by atoms with Crippen LogP contribution in [0.4, 0.5) is 0 Å². The minimum absolute atomic E-state index is 0.124. The molecule has 0 fully saturated rings. The van der Waals surface area contributed by atoms with Crippen molar-refractivity contribution in [3.63, 3.8) is 0 Å². The molecule has 1 aromatic carbocycles. The van der Waals surface area contributed by atoms with Crippen LogP contribution in [0.2, 0.25) is 0 Å². The average Bonchev–Trinajstić information content (AvgIpc) is 2.32. The maximum absolute atomic E-state index is 11.8. The van der Waals surface area contributed by atoms with E-state index in [2.05, 4.69) is 5.32 Å². The molecule has 1 rings (SSSR count). The molecule has 1 atom stereocenters. The number of phenolic OH excluding ortho intramolecular Hbond substituents is 1. The van der Waals surface area contributed by atoms with Gasteiger partial charge in [0.1, 0.15) is 5.75 Å². The van der Waals surface area contributed by atoms with Crippen LogP contribution < -0.4 is 11.1 Å². The van der Waals surface area contributed by atoms with Crippen molar-refractivity contribution >= 4 is 5.91 Å². The second-order valence-corrected chi connectivity index (χ2v) is 4.47. The number of para-hydroxylation sites is 1. The lowest BCUT2D eigenvalue weighted by molar-refractivity contribution is -0.122. The van der Waals surface area contributed by atoms with Gasteiger partial charge in [0.15, 0.2) is 0 Å². The van der Waals surface area contributed by atoms with Gasteiger partial charge in [-0.05, 0) is 19.4 Å². The van der Waals surface area contributed by atoms with Gasteiger partial charge in [0, 0.05) is 17.6 Å². The van der Waals surface area contributed by atoms with Crippen LogP contribution in [0.1, 0.15) is 25.8 Å². The molecule has 4 heteroatoms. The van der Waals surface area contributed by atoms with Crippen molar-refractivity contribution in [3.8, 4) is 5.75 Å². The second-order valence-electron chi connectivity index (χ2n) is 4.47. The Balaban J connectivity index is 2.65. The first-order valence-corrected chi connectivity index (χ1v) is 5.78. The van der Waals surface area contributed by atoms with Crippen LogP contribution >= 0.6 is 0 Å². The average molecular weight is 236 g/mol. The number of carbonyl (C=O) groups excluding carboxylic acids is 1. The summed E-state index contributed by atoms with van der Waals surface area (Å²) < 4.78 is 0. The zero-order chi connectivity index (χ0) is 12.9. The number of nitrogens with two attached hydrogens (primary N) is 1. The van der Waals surface area contributed by atoms with Crippen molar-refractivity contribution in [3.05, 3.63) is 29.8 Å². The van der Waals surface area contributed by atoms with E-state index < -0.39 is 0 Å². The van der Waals surface area contributed by atoms with E-state index in [-0.39, 0.29) is 23.6 Å². The summed E-state index contributed by atoms with van der Waals surface area (Å²) in [6.07, 6.45) is 0.943. The lowest BCUT2D eigenvalue weighted by Crippen LogP contribution is -2.51. The van der Waals surface area contributed by atoms with E-state index in [1.54, 1.807) is 24.3 Å². The van der Waals surface area contributed by atoms with Gasteiger partial charge < -0.3 is 16.2 Å². The standard InChI is InChI=1S/C13H20N2O2/c1-3-13(2,9-14)15-12(17)8-10-6-4-5-7-11(10)16/h4-7,16H,3,8-9,14H2,1-2H3,(H,15,17). The van der Waals surface area contributed by atoms with Crippen LogP contribution in [0.15, 0.2) is 24.3 Å². The number of rotatable bonds is 5. The van der Waals surface area contributed by atoms with Crippen LogP contribution in [0.5, 0.6) is 5.75 Å². The molecule has 0 saturated heterocycles. The van der Waals surface area contributed by atoms with Crippen molar-refractivity contribution < 1.29 is 9.90 Å². The first kappa shape index (κ1) is 13.5. The lowest BCUT2D eigenvalue weighted by atomic mass is 9.98. The van der Waals surface area contributed by atoms with E-state index in [9.17, 15) is 9.90 Å². The molecule has 1 unspecified atom stereocenters. The van der Waals surface area contributed by atoms with Crippen molar-refractivity contribution in [1.82, 2.24) is 5.32 Å². The Labute approximate surface area is 102 Å². The van der Waals surface area contributed by atoms with Gasteiger partial charge in [-0.2, -0.15) is 0 Å². The summed E-state index contributed by atoms with van der Waals surface area (Å²) in [6.45, 7) is 4.29. The third-order valence-electron chi connectivity index (χ3n) is 3.01. The topological polar surface area (TPSA) is 75.3 Å². The summed E-state index contributed by atoms with van der Waals surface area (Å²) in [7, 11) is 0. The monoisotopic (exact) mass is 236 g/mol. The van der Waals surface area contributed by atoms with Gasteiger partial charge in [-0.15, -0.1) is 0 Å². The highest BCUT2D eigenvalue weighted by molar-refractivity contribution is 5.80. The number of aromatic hydroxyl groups is 1. The third kappa shape index (κ3) is 3.75. The molecule has 0 saturated carbocycles. The minimum atomic E-state index is -0.374. The molecule has 94 valence electrons. The molecule has 0 aliphatic heterocycles. The number of hydrogen-bond donors (Lipinski definition) is 3. The van der Waals surface area contributed by atoms with Crippen LogP contribution in [0, 0.1) is 0 Å². The SMILES string of the molecule is CCC(C)(CN)NC(=O)Cc1ccccc1O. The van der Waals surface area contributed by atoms with Gasteiger partial charge in [-0.1, -0.05) is 25.1 Å². The molecule has 4 nitrogen and oxygen atoms in total. The van der Waals surface area contributed by atoms with Crippen molar-refractivity contribution in [1.29, 1.82) is 0 Å². The summed E-state index contributed by atoms with van der Waals surface area (Å²) in [4.78, 5) is 11.8. The fourth-order valence-electron chi connectivity index (χ4n) is 1.50. The molecule has 17 heavy (non-hydrogen) atoms. The minimum Gasteiger partial charge on any atom is -0.508 e. The molecular formula is C13H20N2O2. The molecule has 0 aliphatic carbocycles. The van der Waals surface area contributed by atoms with Crippen molar-refractivity contribution in [2.75, 3.05) is 6.54 Å². The summed E-state index contributed by atoms with van der Waals surface area (Å²) in [5.74, 6) is 0.0231. The first-order valence-electron chi connectivity index (χ1n) is 5.78. The smallest absolute Gasteiger partial charge is 0.225 e. The predicted octanol–water partition coefficient (Wildman–Crippen LogP) is 1.18. The number of carbonyl (C=O) groups is 1. The molecular weight excluding hydrogens is 216 g/mol. The molecule has 0 aromatic heterocycles. The molecule has 0 heterocycles. The Bertz CT molecular complexity index is 387. The van der Waals surface area contributed by atoms with Gasteiger partial charge in [0.25, 0.3) is 0 Å². The largest absolute Gasteiger partial charge is 0.508 e. The molecule has 0 radical (unpaired) electrons. The predicted molar refractivity (Wildman–Crippen MR) is 67.7 cm³/mol. The number of benzene rings is 1. The fourth-order valence-corrected chi connectivity index (χ4v) is 1.50. The van der Waals surface area contributed by atoms with E-state index in [0.717, 1.165) is 6.42 Å². The normalized spacial score (nSPS) is 14.1. The maximum Gasteiger partial charge on any atom is 0.225 e. The zero-order valence-corrected chi connectivity index (χ0v) is 10.4. The number of amides is 1. The van der Waals surface area contributed by atoms with E-state index in [1.165, 1.54) is 0 Å². The summed E-state index contributed by atoms with van der Waals surface area (Å²) >= 11 is 0. The third-order valence-corrected chi connectivity index (χ3v) is 3.01. The Morgan fingerprint density at radius 1 is 1.47 bits per heavy atom. The van der Waals surface area contributed by atoms with Crippen LogP contribution in [-0.2, 0) is 11.2 Å². The van der Waals surface area contributed by atoms with Crippen LogP contribution in [0.25, 0.3) is 0 Å².